The van der Waals surface area contributed by atoms with Gasteiger partial charge in [-0.25, -0.2) is 4.98 Å². The number of ether oxygens (including phenoxy) is 1. The van der Waals surface area contributed by atoms with Crippen LogP contribution in [0, 0.1) is 0 Å². The molecule has 0 aliphatic heterocycles. The minimum atomic E-state index is -0.223. The van der Waals surface area contributed by atoms with Crippen molar-refractivity contribution in [3.63, 3.8) is 0 Å². The number of rotatable bonds is 5. The predicted molar refractivity (Wildman–Crippen MR) is 96.3 cm³/mol. The Hall–Kier alpha value is -2.74. The highest BCUT2D eigenvalue weighted by molar-refractivity contribution is 7.16. The molecule has 0 radical (unpaired) electrons. The summed E-state index contributed by atoms with van der Waals surface area (Å²) in [7, 11) is 0. The Labute approximate surface area is 148 Å². The SMILES string of the molecule is CC(=O)Nc1cccc(OCc2cc(=O)n3nc(C(C)C)sc3n2)c1. The van der Waals surface area contributed by atoms with Gasteiger partial charge in [0, 0.05) is 30.7 Å². The van der Waals surface area contributed by atoms with Gasteiger partial charge in [0.05, 0.1) is 5.69 Å². The molecule has 0 saturated carbocycles. The Kier molecular flexibility index (Phi) is 4.80. The standard InChI is InChI=1S/C17H18N4O3S/c1-10(2)16-20-21-15(23)8-13(19-17(21)25-16)9-24-14-6-4-5-12(7-14)18-11(3)22/h4-8,10H,9H2,1-3H3,(H,18,22). The van der Waals surface area contributed by atoms with E-state index in [2.05, 4.69) is 15.4 Å². The second-order valence-corrected chi connectivity index (χ2v) is 6.86. The number of benzene rings is 1. The number of anilines is 1. The van der Waals surface area contributed by atoms with Gasteiger partial charge in [-0.05, 0) is 12.1 Å². The smallest absolute Gasteiger partial charge is 0.275 e. The van der Waals surface area contributed by atoms with Crippen LogP contribution in [-0.2, 0) is 11.4 Å². The van der Waals surface area contributed by atoms with Crippen LogP contribution in [0.1, 0.15) is 37.4 Å². The van der Waals surface area contributed by atoms with Gasteiger partial charge in [0.2, 0.25) is 10.9 Å². The highest BCUT2D eigenvalue weighted by Gasteiger charge is 2.11. The third-order valence-corrected chi connectivity index (χ3v) is 4.56. The molecule has 0 atom stereocenters. The van der Waals surface area contributed by atoms with Crippen molar-refractivity contribution in [1.82, 2.24) is 14.6 Å². The van der Waals surface area contributed by atoms with Crippen LogP contribution in [0.15, 0.2) is 35.1 Å². The van der Waals surface area contributed by atoms with Crippen LogP contribution in [0.3, 0.4) is 0 Å². The lowest BCUT2D eigenvalue weighted by Crippen LogP contribution is -2.16. The zero-order chi connectivity index (χ0) is 18.0. The molecule has 1 N–H and O–H groups in total. The van der Waals surface area contributed by atoms with Gasteiger partial charge in [-0.1, -0.05) is 31.3 Å². The van der Waals surface area contributed by atoms with Gasteiger partial charge in [0.25, 0.3) is 5.56 Å². The molecule has 8 heteroatoms. The number of hydrogen-bond acceptors (Lipinski definition) is 6. The van der Waals surface area contributed by atoms with Crippen LogP contribution in [0.5, 0.6) is 5.75 Å². The van der Waals surface area contributed by atoms with Crippen molar-refractivity contribution in [3.8, 4) is 5.75 Å². The van der Waals surface area contributed by atoms with Crippen molar-refractivity contribution in [3.05, 3.63) is 51.4 Å². The highest BCUT2D eigenvalue weighted by Crippen LogP contribution is 2.21. The molecule has 7 nitrogen and oxygen atoms in total. The Morgan fingerprint density at radius 3 is 2.88 bits per heavy atom. The first kappa shape index (κ1) is 17.1. The molecule has 0 unspecified atom stereocenters. The molecule has 1 aromatic carbocycles. The van der Waals surface area contributed by atoms with Crippen molar-refractivity contribution in [2.45, 2.75) is 33.3 Å². The highest BCUT2D eigenvalue weighted by atomic mass is 32.1. The molecular weight excluding hydrogens is 340 g/mol. The molecule has 1 amide bonds. The van der Waals surface area contributed by atoms with Gasteiger partial charge < -0.3 is 10.1 Å². The van der Waals surface area contributed by atoms with E-state index in [1.54, 1.807) is 24.3 Å². The number of carbonyl (C=O) groups excluding carboxylic acids is 1. The van der Waals surface area contributed by atoms with Gasteiger partial charge in [-0.15, -0.1) is 0 Å². The summed E-state index contributed by atoms with van der Waals surface area (Å²) in [4.78, 5) is 28.3. The summed E-state index contributed by atoms with van der Waals surface area (Å²) in [6.45, 7) is 5.65. The molecular formula is C17H18N4O3S. The molecule has 2 heterocycles. The van der Waals surface area contributed by atoms with Crippen molar-refractivity contribution in [2.24, 2.45) is 0 Å². The van der Waals surface area contributed by atoms with E-state index in [-0.39, 0.29) is 24.0 Å². The van der Waals surface area contributed by atoms with E-state index >= 15 is 0 Å². The van der Waals surface area contributed by atoms with Crippen molar-refractivity contribution < 1.29 is 9.53 Å². The fourth-order valence-electron chi connectivity index (χ4n) is 2.20. The van der Waals surface area contributed by atoms with Crippen LogP contribution in [0.25, 0.3) is 4.96 Å². The fraction of sp³-hybridized carbons (Fsp3) is 0.294. The molecule has 0 bridgehead atoms. The monoisotopic (exact) mass is 358 g/mol. The van der Waals surface area contributed by atoms with E-state index in [9.17, 15) is 9.59 Å². The number of fused-ring (bicyclic) bond motifs is 1. The Bertz CT molecular complexity index is 977. The molecule has 0 saturated heterocycles. The lowest BCUT2D eigenvalue weighted by Gasteiger charge is -2.08. The van der Waals surface area contributed by atoms with Crippen LogP contribution in [0.4, 0.5) is 5.69 Å². The van der Waals surface area contributed by atoms with Gasteiger partial charge in [0.15, 0.2) is 0 Å². The van der Waals surface area contributed by atoms with E-state index in [1.807, 2.05) is 13.8 Å². The van der Waals surface area contributed by atoms with E-state index in [1.165, 1.54) is 28.8 Å². The zero-order valence-electron chi connectivity index (χ0n) is 14.1. The van der Waals surface area contributed by atoms with Gasteiger partial charge in [0.1, 0.15) is 17.4 Å². The Balaban J connectivity index is 1.79. The summed E-state index contributed by atoms with van der Waals surface area (Å²) in [6.07, 6.45) is 0. The lowest BCUT2D eigenvalue weighted by molar-refractivity contribution is -0.114. The molecule has 2 aromatic heterocycles. The van der Waals surface area contributed by atoms with Crippen molar-refractivity contribution in [2.75, 3.05) is 5.32 Å². The van der Waals surface area contributed by atoms with Crippen LogP contribution in [-0.4, -0.2) is 20.5 Å². The van der Waals surface area contributed by atoms with E-state index in [0.717, 1.165) is 5.01 Å². The van der Waals surface area contributed by atoms with Crippen LogP contribution in [0.2, 0.25) is 0 Å². The zero-order valence-corrected chi connectivity index (χ0v) is 15.0. The fourth-order valence-corrected chi connectivity index (χ4v) is 3.13. The molecule has 3 aromatic rings. The number of nitrogens with one attached hydrogen (secondary N) is 1. The molecule has 25 heavy (non-hydrogen) atoms. The molecule has 0 aliphatic rings. The summed E-state index contributed by atoms with van der Waals surface area (Å²) in [5.41, 5.74) is 0.963. The quantitative estimate of drug-likeness (QED) is 0.758. The summed E-state index contributed by atoms with van der Waals surface area (Å²) < 4.78 is 7.02. The van der Waals surface area contributed by atoms with E-state index in [0.29, 0.717) is 22.1 Å². The van der Waals surface area contributed by atoms with E-state index < -0.39 is 0 Å². The maximum Gasteiger partial charge on any atom is 0.275 e. The largest absolute Gasteiger partial charge is 0.487 e. The molecule has 0 fully saturated rings. The second kappa shape index (κ2) is 7.02. The summed E-state index contributed by atoms with van der Waals surface area (Å²) in [6, 6.07) is 8.48. The summed E-state index contributed by atoms with van der Waals surface area (Å²) in [5.74, 6) is 0.672. The third kappa shape index (κ3) is 4.03. The van der Waals surface area contributed by atoms with Gasteiger partial charge in [-0.3, -0.25) is 9.59 Å². The lowest BCUT2D eigenvalue weighted by atomic mass is 10.2. The normalized spacial score (nSPS) is 11.0. The third-order valence-electron chi connectivity index (χ3n) is 3.35. The van der Waals surface area contributed by atoms with E-state index in [4.69, 9.17) is 4.74 Å². The van der Waals surface area contributed by atoms with Crippen LogP contribution < -0.4 is 15.6 Å². The molecule has 130 valence electrons. The average molecular weight is 358 g/mol. The predicted octanol–water partition coefficient (Wildman–Crippen LogP) is 2.81. The maximum absolute atomic E-state index is 12.2. The first-order chi connectivity index (χ1) is 11.9. The number of amides is 1. The first-order valence-electron chi connectivity index (χ1n) is 7.82. The average Bonchev–Trinajstić information content (AvgIpc) is 2.98. The summed E-state index contributed by atoms with van der Waals surface area (Å²) >= 11 is 1.40. The molecule has 0 spiro atoms. The Morgan fingerprint density at radius 2 is 2.16 bits per heavy atom. The molecule has 3 rings (SSSR count). The van der Waals surface area contributed by atoms with Crippen molar-refractivity contribution in [1.29, 1.82) is 0 Å². The topological polar surface area (TPSA) is 85.6 Å². The number of nitrogens with zero attached hydrogens (tertiary/aromatic N) is 3. The minimum absolute atomic E-state index is 0.150. The van der Waals surface area contributed by atoms with Gasteiger partial charge >= 0.3 is 0 Å². The second-order valence-electron chi connectivity index (χ2n) is 5.87. The summed E-state index contributed by atoms with van der Waals surface area (Å²) in [5, 5.41) is 7.85. The maximum atomic E-state index is 12.2. The number of aromatic nitrogens is 3. The first-order valence-corrected chi connectivity index (χ1v) is 8.64. The number of hydrogen-bond donors (Lipinski definition) is 1. The van der Waals surface area contributed by atoms with Crippen molar-refractivity contribution >= 4 is 27.9 Å². The minimum Gasteiger partial charge on any atom is -0.487 e. The van der Waals surface area contributed by atoms with Crippen LogP contribution >= 0.6 is 11.3 Å². The van der Waals surface area contributed by atoms with Gasteiger partial charge in [-0.2, -0.15) is 9.61 Å². The molecule has 0 aliphatic carbocycles. The number of carbonyl (C=O) groups is 1. The Morgan fingerprint density at radius 1 is 1.36 bits per heavy atom.